The lowest BCUT2D eigenvalue weighted by Gasteiger charge is -2.09. The zero-order valence-electron chi connectivity index (χ0n) is 7.28. The molecule has 1 heterocycles. The van der Waals surface area contributed by atoms with Gasteiger partial charge >= 0.3 is 0 Å². The van der Waals surface area contributed by atoms with Crippen molar-refractivity contribution in [3.63, 3.8) is 0 Å². The van der Waals surface area contributed by atoms with Gasteiger partial charge in [-0.15, -0.1) is 0 Å². The van der Waals surface area contributed by atoms with Crippen molar-refractivity contribution in [3.05, 3.63) is 36.3 Å². The highest BCUT2D eigenvalue weighted by Gasteiger charge is 2.13. The molecule has 0 fully saturated rings. The molecule has 0 spiro atoms. The van der Waals surface area contributed by atoms with Crippen LogP contribution in [0.3, 0.4) is 0 Å². The van der Waals surface area contributed by atoms with Crippen LogP contribution < -0.4 is 5.32 Å². The Morgan fingerprint density at radius 3 is 2.92 bits per heavy atom. The van der Waals surface area contributed by atoms with Crippen LogP contribution in [0.25, 0.3) is 0 Å². The molecule has 1 rings (SSSR count). The largest absolute Gasteiger partial charge is 0.465 e. The number of furan rings is 1. The van der Waals surface area contributed by atoms with Gasteiger partial charge in [-0.25, -0.2) is 0 Å². The molecule has 1 atom stereocenters. The summed E-state index contributed by atoms with van der Waals surface area (Å²) in [7, 11) is 0. The highest BCUT2D eigenvalue weighted by Crippen LogP contribution is 2.09. The number of hydrogen-bond acceptors (Lipinski definition) is 3. The third-order valence-electron chi connectivity index (χ3n) is 1.47. The Kier molecular flexibility index (Phi) is 2.87. The molecule has 70 valence electrons. The number of carbonyl (C=O) groups excluding carboxylic acids is 1. The number of amides is 1. The lowest BCUT2D eigenvalue weighted by Crippen LogP contribution is -2.28. The van der Waals surface area contributed by atoms with Gasteiger partial charge in [-0.1, -0.05) is 6.58 Å². The lowest BCUT2D eigenvalue weighted by molar-refractivity contribution is -0.120. The average Bonchev–Trinajstić information content (AvgIpc) is 2.55. The van der Waals surface area contributed by atoms with Crippen molar-refractivity contribution in [1.29, 1.82) is 0 Å². The number of rotatable bonds is 3. The molecule has 0 bridgehead atoms. The first-order valence-electron chi connectivity index (χ1n) is 3.79. The molecular weight excluding hydrogens is 170 g/mol. The van der Waals surface area contributed by atoms with Crippen LogP contribution in [-0.2, 0) is 4.79 Å². The zero-order chi connectivity index (χ0) is 9.84. The molecule has 0 radical (unpaired) electrons. The summed E-state index contributed by atoms with van der Waals surface area (Å²) in [6.07, 6.45) is 0.310. The molecule has 1 amide bonds. The number of aliphatic hydroxyl groups excluding tert-OH is 1. The van der Waals surface area contributed by atoms with E-state index in [1.165, 1.54) is 6.26 Å². The zero-order valence-corrected chi connectivity index (χ0v) is 7.28. The maximum absolute atomic E-state index is 11.0. The lowest BCUT2D eigenvalue weighted by atomic mass is 10.3. The van der Waals surface area contributed by atoms with Gasteiger partial charge in [-0.2, -0.15) is 0 Å². The topological polar surface area (TPSA) is 62.5 Å². The van der Waals surface area contributed by atoms with Gasteiger partial charge in [0.2, 0.25) is 5.91 Å². The molecule has 1 unspecified atom stereocenters. The van der Waals surface area contributed by atoms with Crippen molar-refractivity contribution in [2.75, 3.05) is 0 Å². The molecule has 4 heteroatoms. The van der Waals surface area contributed by atoms with E-state index >= 15 is 0 Å². The first-order chi connectivity index (χ1) is 6.11. The van der Waals surface area contributed by atoms with Crippen molar-refractivity contribution in [2.24, 2.45) is 0 Å². The maximum atomic E-state index is 11.0. The van der Waals surface area contributed by atoms with E-state index < -0.39 is 12.1 Å². The predicted octanol–water partition coefficient (Wildman–Crippen LogP) is 0.963. The second kappa shape index (κ2) is 3.91. The molecule has 0 saturated carbocycles. The van der Waals surface area contributed by atoms with Crippen LogP contribution in [0, 0.1) is 0 Å². The van der Waals surface area contributed by atoms with Gasteiger partial charge in [-0.05, 0) is 19.1 Å². The molecule has 1 aromatic rings. The van der Waals surface area contributed by atoms with Crippen molar-refractivity contribution in [3.8, 4) is 0 Å². The standard InChI is InChI=1S/C9H11NO3/c1-6(2)8(11)10-9(12)7-4-3-5-13-7/h3-5,9,12H,1H2,2H3,(H,10,11). The third kappa shape index (κ3) is 2.45. The Hall–Kier alpha value is -1.55. The van der Waals surface area contributed by atoms with Gasteiger partial charge in [0.25, 0.3) is 0 Å². The Morgan fingerprint density at radius 2 is 2.46 bits per heavy atom. The van der Waals surface area contributed by atoms with E-state index in [4.69, 9.17) is 4.42 Å². The average molecular weight is 181 g/mol. The van der Waals surface area contributed by atoms with Gasteiger partial charge < -0.3 is 14.8 Å². The molecule has 0 aliphatic heterocycles. The molecule has 0 aliphatic carbocycles. The van der Waals surface area contributed by atoms with E-state index in [9.17, 15) is 9.90 Å². The van der Waals surface area contributed by atoms with E-state index in [1.807, 2.05) is 0 Å². The summed E-state index contributed by atoms with van der Waals surface area (Å²) in [5.74, 6) is -0.0986. The fraction of sp³-hybridized carbons (Fsp3) is 0.222. The van der Waals surface area contributed by atoms with Gasteiger partial charge in [0.1, 0.15) is 0 Å². The minimum atomic E-state index is -1.11. The highest BCUT2D eigenvalue weighted by molar-refractivity contribution is 5.92. The van der Waals surface area contributed by atoms with Crippen molar-refractivity contribution in [1.82, 2.24) is 5.32 Å². The van der Waals surface area contributed by atoms with Crippen LogP contribution in [0.15, 0.2) is 35.0 Å². The SMILES string of the molecule is C=C(C)C(=O)NC(O)c1ccco1. The Labute approximate surface area is 75.9 Å². The molecule has 0 aliphatic rings. The smallest absolute Gasteiger partial charge is 0.248 e. The number of carbonyl (C=O) groups is 1. The quantitative estimate of drug-likeness (QED) is 0.539. The minimum absolute atomic E-state index is 0.301. The summed E-state index contributed by atoms with van der Waals surface area (Å²) in [5, 5.41) is 11.7. The summed E-state index contributed by atoms with van der Waals surface area (Å²) in [5.41, 5.74) is 0.339. The molecule has 1 aromatic heterocycles. The molecule has 0 saturated heterocycles. The monoisotopic (exact) mass is 181 g/mol. The summed E-state index contributed by atoms with van der Waals surface area (Å²) < 4.78 is 4.88. The first kappa shape index (κ1) is 9.54. The van der Waals surface area contributed by atoms with Crippen LogP contribution in [-0.4, -0.2) is 11.0 Å². The van der Waals surface area contributed by atoms with Crippen molar-refractivity contribution < 1.29 is 14.3 Å². The normalized spacial score (nSPS) is 12.2. The Bertz CT molecular complexity index is 303. The van der Waals surface area contributed by atoms with Crippen LogP contribution >= 0.6 is 0 Å². The Morgan fingerprint density at radius 1 is 1.77 bits per heavy atom. The van der Waals surface area contributed by atoms with Crippen LogP contribution in [0.1, 0.15) is 18.9 Å². The second-order valence-electron chi connectivity index (χ2n) is 2.67. The van der Waals surface area contributed by atoms with E-state index in [2.05, 4.69) is 11.9 Å². The van der Waals surface area contributed by atoms with Crippen molar-refractivity contribution in [2.45, 2.75) is 13.2 Å². The second-order valence-corrected chi connectivity index (χ2v) is 2.67. The fourth-order valence-electron chi connectivity index (χ4n) is 0.765. The molecule has 4 nitrogen and oxygen atoms in total. The van der Waals surface area contributed by atoms with E-state index in [0.717, 1.165) is 0 Å². The van der Waals surface area contributed by atoms with Crippen molar-refractivity contribution >= 4 is 5.91 Å². The third-order valence-corrected chi connectivity index (χ3v) is 1.47. The minimum Gasteiger partial charge on any atom is -0.465 e. The predicted molar refractivity (Wildman–Crippen MR) is 46.6 cm³/mol. The summed E-state index contributed by atoms with van der Waals surface area (Å²) in [6.45, 7) is 5.00. The van der Waals surface area contributed by atoms with Gasteiger partial charge in [-0.3, -0.25) is 4.79 Å². The van der Waals surface area contributed by atoms with Crippen LogP contribution in [0.2, 0.25) is 0 Å². The molecule has 0 aromatic carbocycles. The van der Waals surface area contributed by atoms with Gasteiger partial charge in [0.05, 0.1) is 6.26 Å². The number of nitrogens with one attached hydrogen (secondary N) is 1. The van der Waals surface area contributed by atoms with E-state index in [1.54, 1.807) is 19.1 Å². The summed E-state index contributed by atoms with van der Waals surface area (Å²) in [4.78, 5) is 11.0. The molecule has 2 N–H and O–H groups in total. The van der Waals surface area contributed by atoms with Gasteiger partial charge in [0, 0.05) is 5.57 Å². The summed E-state index contributed by atoms with van der Waals surface area (Å²) in [6, 6.07) is 3.20. The van der Waals surface area contributed by atoms with E-state index in [0.29, 0.717) is 11.3 Å². The molecular formula is C9H11NO3. The fourth-order valence-corrected chi connectivity index (χ4v) is 0.765. The number of hydrogen-bond donors (Lipinski definition) is 2. The Balaban J connectivity index is 2.56. The molecule has 13 heavy (non-hydrogen) atoms. The first-order valence-corrected chi connectivity index (χ1v) is 3.79. The maximum Gasteiger partial charge on any atom is 0.248 e. The summed E-state index contributed by atoms with van der Waals surface area (Å²) >= 11 is 0. The number of aliphatic hydroxyl groups is 1. The highest BCUT2D eigenvalue weighted by atomic mass is 16.4. The van der Waals surface area contributed by atoms with Crippen LogP contribution in [0.5, 0.6) is 0 Å². The van der Waals surface area contributed by atoms with Gasteiger partial charge in [0.15, 0.2) is 12.0 Å². The van der Waals surface area contributed by atoms with Crippen LogP contribution in [0.4, 0.5) is 0 Å². The van der Waals surface area contributed by atoms with E-state index in [-0.39, 0.29) is 0 Å².